The summed E-state index contributed by atoms with van der Waals surface area (Å²) in [6.07, 6.45) is 7.80. The molecule has 3 aliphatic rings. The number of hydrogen-bond donors (Lipinski definition) is 1. The second-order valence-corrected chi connectivity index (χ2v) is 8.39. The van der Waals surface area contributed by atoms with Crippen LogP contribution < -0.4 is 0 Å². The van der Waals surface area contributed by atoms with Gasteiger partial charge in [-0.15, -0.1) is 0 Å². The molecule has 1 aromatic rings. The van der Waals surface area contributed by atoms with Crippen LogP contribution in [0.5, 0.6) is 0 Å². The fourth-order valence-electron chi connectivity index (χ4n) is 5.00. The lowest BCUT2D eigenvalue weighted by atomic mass is 9.68. The van der Waals surface area contributed by atoms with E-state index in [4.69, 9.17) is 5.11 Å². The third-order valence-electron chi connectivity index (χ3n) is 6.56. The van der Waals surface area contributed by atoms with Crippen LogP contribution in [-0.4, -0.2) is 60.3 Å². The van der Waals surface area contributed by atoms with Gasteiger partial charge in [-0.2, -0.15) is 0 Å². The molecule has 0 bridgehead atoms. The van der Waals surface area contributed by atoms with Crippen LogP contribution in [0.3, 0.4) is 0 Å². The summed E-state index contributed by atoms with van der Waals surface area (Å²) in [6, 6.07) is 12.1. The second-order valence-electron chi connectivity index (χ2n) is 8.39. The Bertz CT molecular complexity index is 520. The predicted octanol–water partition coefficient (Wildman–Crippen LogP) is 3.10. The zero-order chi connectivity index (χ0) is 16.4. The van der Waals surface area contributed by atoms with Gasteiger partial charge in [0.25, 0.3) is 0 Å². The largest absolute Gasteiger partial charge is 0.396 e. The zero-order valence-corrected chi connectivity index (χ0v) is 14.9. The van der Waals surface area contributed by atoms with Crippen molar-refractivity contribution in [2.75, 3.05) is 39.3 Å². The fourth-order valence-corrected chi connectivity index (χ4v) is 5.00. The zero-order valence-electron chi connectivity index (χ0n) is 14.9. The number of likely N-dealkylation sites (tertiary alicyclic amines) is 2. The molecule has 3 nitrogen and oxygen atoms in total. The van der Waals surface area contributed by atoms with E-state index < -0.39 is 0 Å². The van der Waals surface area contributed by atoms with Crippen LogP contribution in [0.2, 0.25) is 0 Å². The molecular weight excluding hydrogens is 296 g/mol. The van der Waals surface area contributed by atoms with E-state index in [1.807, 2.05) is 0 Å². The molecule has 1 atom stereocenters. The number of aliphatic hydroxyl groups excluding tert-OH is 1. The van der Waals surface area contributed by atoms with Crippen LogP contribution in [0.1, 0.15) is 50.0 Å². The van der Waals surface area contributed by atoms with E-state index in [1.54, 1.807) is 5.56 Å². The summed E-state index contributed by atoms with van der Waals surface area (Å²) >= 11 is 0. The van der Waals surface area contributed by atoms with Crippen molar-refractivity contribution in [3.8, 4) is 0 Å². The normalized spacial score (nSPS) is 28.3. The van der Waals surface area contributed by atoms with Gasteiger partial charge in [-0.05, 0) is 68.5 Å². The first-order valence-electron chi connectivity index (χ1n) is 9.90. The molecular formula is C21H32N2O. The Labute approximate surface area is 146 Å². The summed E-state index contributed by atoms with van der Waals surface area (Å²) in [5.74, 6) is 0.713. The number of rotatable bonds is 5. The van der Waals surface area contributed by atoms with Gasteiger partial charge in [-0.3, -0.25) is 4.90 Å². The summed E-state index contributed by atoms with van der Waals surface area (Å²) in [5, 5.41) is 9.07. The molecule has 3 heteroatoms. The average molecular weight is 329 g/mol. The molecule has 2 aliphatic heterocycles. The van der Waals surface area contributed by atoms with Gasteiger partial charge in [0.2, 0.25) is 0 Å². The van der Waals surface area contributed by atoms with Crippen molar-refractivity contribution in [3.05, 3.63) is 35.9 Å². The van der Waals surface area contributed by atoms with Gasteiger partial charge in [-0.25, -0.2) is 0 Å². The fraction of sp³-hybridized carbons (Fsp3) is 0.714. The highest BCUT2D eigenvalue weighted by atomic mass is 16.3. The predicted molar refractivity (Wildman–Crippen MR) is 98.2 cm³/mol. The van der Waals surface area contributed by atoms with Gasteiger partial charge >= 0.3 is 0 Å². The van der Waals surface area contributed by atoms with E-state index in [2.05, 4.69) is 40.1 Å². The van der Waals surface area contributed by atoms with E-state index in [1.165, 1.54) is 58.3 Å². The maximum atomic E-state index is 9.07. The van der Waals surface area contributed by atoms with E-state index in [0.29, 0.717) is 17.9 Å². The Kier molecular flexibility index (Phi) is 4.93. The monoisotopic (exact) mass is 328 g/mol. The van der Waals surface area contributed by atoms with Gasteiger partial charge in [0.15, 0.2) is 0 Å². The minimum absolute atomic E-state index is 0.327. The summed E-state index contributed by atoms with van der Waals surface area (Å²) in [5.41, 5.74) is 2.07. The van der Waals surface area contributed by atoms with Crippen LogP contribution in [0.15, 0.2) is 30.3 Å². The number of piperidine rings is 2. The molecule has 0 amide bonds. The standard InChI is InChI=1S/C21H32N2O/c24-14-4-11-22-12-9-21(10-13-22)15-19(18-5-2-1-3-6-18)16-23(17-21)20-7-8-20/h1-3,5-6,19-20,24H,4,7-17H2. The molecule has 1 aromatic carbocycles. The molecule has 24 heavy (non-hydrogen) atoms. The molecule has 1 spiro atoms. The van der Waals surface area contributed by atoms with Crippen molar-refractivity contribution < 1.29 is 5.11 Å². The Morgan fingerprint density at radius 3 is 2.50 bits per heavy atom. The molecule has 2 heterocycles. The topological polar surface area (TPSA) is 26.7 Å². The minimum atomic E-state index is 0.327. The van der Waals surface area contributed by atoms with E-state index in [-0.39, 0.29) is 0 Å². The van der Waals surface area contributed by atoms with Crippen molar-refractivity contribution >= 4 is 0 Å². The van der Waals surface area contributed by atoms with Crippen molar-refractivity contribution in [1.29, 1.82) is 0 Å². The van der Waals surface area contributed by atoms with Crippen LogP contribution in [0.25, 0.3) is 0 Å². The van der Waals surface area contributed by atoms with E-state index >= 15 is 0 Å². The summed E-state index contributed by atoms with van der Waals surface area (Å²) in [6.45, 7) is 6.44. The van der Waals surface area contributed by atoms with Gasteiger partial charge in [0, 0.05) is 32.3 Å². The van der Waals surface area contributed by atoms with E-state index in [0.717, 1.165) is 19.0 Å². The Morgan fingerprint density at radius 2 is 1.83 bits per heavy atom. The van der Waals surface area contributed by atoms with Crippen LogP contribution >= 0.6 is 0 Å². The minimum Gasteiger partial charge on any atom is -0.396 e. The van der Waals surface area contributed by atoms with Crippen LogP contribution in [0.4, 0.5) is 0 Å². The van der Waals surface area contributed by atoms with Crippen LogP contribution in [0, 0.1) is 5.41 Å². The lowest BCUT2D eigenvalue weighted by Crippen LogP contribution is -2.52. The van der Waals surface area contributed by atoms with Gasteiger partial charge in [0.1, 0.15) is 0 Å². The summed E-state index contributed by atoms with van der Waals surface area (Å²) < 4.78 is 0. The molecule has 2 saturated heterocycles. The van der Waals surface area contributed by atoms with Crippen molar-refractivity contribution in [3.63, 3.8) is 0 Å². The van der Waals surface area contributed by atoms with Crippen molar-refractivity contribution in [1.82, 2.24) is 9.80 Å². The number of nitrogens with zero attached hydrogens (tertiary/aromatic N) is 2. The number of benzene rings is 1. The first-order valence-corrected chi connectivity index (χ1v) is 9.90. The molecule has 0 radical (unpaired) electrons. The third kappa shape index (κ3) is 3.68. The first kappa shape index (κ1) is 16.6. The molecule has 1 aliphatic carbocycles. The molecule has 132 valence electrons. The Balaban J connectivity index is 1.46. The lowest BCUT2D eigenvalue weighted by Gasteiger charge is -2.50. The number of hydrogen-bond acceptors (Lipinski definition) is 3. The lowest BCUT2D eigenvalue weighted by molar-refractivity contribution is 0.00920. The summed E-state index contributed by atoms with van der Waals surface area (Å²) in [4.78, 5) is 5.39. The molecule has 4 rings (SSSR count). The Hall–Kier alpha value is -0.900. The molecule has 1 unspecified atom stereocenters. The average Bonchev–Trinajstić information content (AvgIpc) is 3.47. The number of aliphatic hydroxyl groups is 1. The van der Waals surface area contributed by atoms with Gasteiger partial charge < -0.3 is 10.0 Å². The third-order valence-corrected chi connectivity index (χ3v) is 6.56. The molecule has 1 N–H and O–H groups in total. The molecule has 1 saturated carbocycles. The first-order chi connectivity index (χ1) is 11.8. The highest BCUT2D eigenvalue weighted by Gasteiger charge is 2.45. The van der Waals surface area contributed by atoms with Gasteiger partial charge in [-0.1, -0.05) is 30.3 Å². The van der Waals surface area contributed by atoms with Crippen molar-refractivity contribution in [2.24, 2.45) is 5.41 Å². The maximum absolute atomic E-state index is 9.07. The Morgan fingerprint density at radius 1 is 1.08 bits per heavy atom. The van der Waals surface area contributed by atoms with Crippen LogP contribution in [-0.2, 0) is 0 Å². The highest BCUT2D eigenvalue weighted by molar-refractivity contribution is 5.22. The van der Waals surface area contributed by atoms with E-state index in [9.17, 15) is 0 Å². The quantitative estimate of drug-likeness (QED) is 0.900. The van der Waals surface area contributed by atoms with Crippen molar-refractivity contribution in [2.45, 2.75) is 50.5 Å². The maximum Gasteiger partial charge on any atom is 0.0443 e. The SMILES string of the molecule is OCCCN1CCC2(CC1)CC(c1ccccc1)CN(C1CC1)C2. The second kappa shape index (κ2) is 7.15. The molecule has 0 aromatic heterocycles. The highest BCUT2D eigenvalue weighted by Crippen LogP contribution is 2.47. The van der Waals surface area contributed by atoms with Gasteiger partial charge in [0.05, 0.1) is 0 Å². The summed E-state index contributed by atoms with van der Waals surface area (Å²) in [7, 11) is 0. The smallest absolute Gasteiger partial charge is 0.0443 e. The molecule has 3 fully saturated rings.